The second kappa shape index (κ2) is 8.14. The fraction of sp³-hybridized carbons (Fsp3) is 0.538. The summed E-state index contributed by atoms with van der Waals surface area (Å²) in [6.07, 6.45) is 1.61. The average Bonchev–Trinajstić information content (AvgIpc) is 2.52. The van der Waals surface area contributed by atoms with E-state index in [1.807, 2.05) is 23.1 Å². The zero-order chi connectivity index (χ0) is 14.9. The van der Waals surface area contributed by atoms with Gasteiger partial charge in [-0.2, -0.15) is 10.4 Å². The van der Waals surface area contributed by atoms with Gasteiger partial charge in [0.25, 0.3) is 0 Å². The molecule has 0 bridgehead atoms. The van der Waals surface area contributed by atoms with E-state index in [0.717, 1.165) is 0 Å². The van der Waals surface area contributed by atoms with Gasteiger partial charge in [-0.05, 0) is 12.1 Å². The maximum atomic E-state index is 11.6. The quantitative estimate of drug-likeness (QED) is 0.663. The van der Waals surface area contributed by atoms with Gasteiger partial charge in [-0.3, -0.25) is 9.69 Å². The molecule has 1 atom stereocenters. The van der Waals surface area contributed by atoms with Gasteiger partial charge in [0, 0.05) is 25.8 Å². The number of anilines is 1. The molecule has 8 heteroatoms. The van der Waals surface area contributed by atoms with E-state index in [0.29, 0.717) is 32.1 Å². The molecule has 0 unspecified atom stereocenters. The van der Waals surface area contributed by atoms with Gasteiger partial charge in [0.2, 0.25) is 5.91 Å². The van der Waals surface area contributed by atoms with Crippen LogP contribution < -0.4 is 10.6 Å². The second-order valence-corrected chi connectivity index (χ2v) is 4.65. The molecule has 1 aliphatic heterocycles. The fourth-order valence-corrected chi connectivity index (χ4v) is 2.06. The van der Waals surface area contributed by atoms with E-state index < -0.39 is 0 Å². The maximum Gasteiger partial charge on any atom is 0.235 e. The Morgan fingerprint density at radius 3 is 3.29 bits per heavy atom. The molecule has 1 saturated heterocycles. The van der Waals surface area contributed by atoms with Gasteiger partial charge in [0.1, 0.15) is 12.4 Å². The number of nitrogens with zero attached hydrogens (tertiary/aromatic N) is 4. The van der Waals surface area contributed by atoms with E-state index >= 15 is 0 Å². The van der Waals surface area contributed by atoms with Crippen LogP contribution in [0.25, 0.3) is 0 Å². The summed E-state index contributed by atoms with van der Waals surface area (Å²) in [5.74, 6) is 0.559. The van der Waals surface area contributed by atoms with Crippen LogP contribution in [0.5, 0.6) is 0 Å². The van der Waals surface area contributed by atoms with E-state index in [1.54, 1.807) is 6.20 Å². The Labute approximate surface area is 123 Å². The smallest absolute Gasteiger partial charge is 0.235 e. The molecule has 0 radical (unpaired) electrons. The molecular formula is C13H18N6O2. The van der Waals surface area contributed by atoms with Gasteiger partial charge in [0.05, 0.1) is 25.3 Å². The predicted octanol–water partition coefficient (Wildman–Crippen LogP) is -0.771. The standard InChI is InChI=1S/C13H18N6O2/c14-3-5-15-13(20)10-19-6-7-21-11(9-19)8-16-12-2-1-4-17-18-12/h1-2,4,11H,5-10H2,(H,15,20)(H,16,18)/t11-/m1/s1. The van der Waals surface area contributed by atoms with E-state index in [2.05, 4.69) is 20.8 Å². The van der Waals surface area contributed by atoms with E-state index in [1.165, 1.54) is 0 Å². The maximum absolute atomic E-state index is 11.6. The molecule has 1 aromatic rings. The van der Waals surface area contributed by atoms with Crippen LogP contribution in [-0.2, 0) is 9.53 Å². The number of amides is 1. The minimum absolute atomic E-state index is 0.00970. The summed E-state index contributed by atoms with van der Waals surface area (Å²) in [5.41, 5.74) is 0. The summed E-state index contributed by atoms with van der Waals surface area (Å²) in [5, 5.41) is 21.8. The molecule has 2 heterocycles. The highest BCUT2D eigenvalue weighted by atomic mass is 16.5. The lowest BCUT2D eigenvalue weighted by Crippen LogP contribution is -2.48. The molecule has 2 N–H and O–H groups in total. The Bertz CT molecular complexity index is 489. The summed E-state index contributed by atoms with van der Waals surface area (Å²) in [6, 6.07) is 5.53. The predicted molar refractivity (Wildman–Crippen MR) is 75.3 cm³/mol. The third-order valence-corrected chi connectivity index (χ3v) is 3.04. The Kier molecular flexibility index (Phi) is 5.87. The molecule has 0 saturated carbocycles. The minimum atomic E-state index is -0.140. The van der Waals surface area contributed by atoms with Crippen molar-refractivity contribution in [2.45, 2.75) is 6.10 Å². The van der Waals surface area contributed by atoms with Crippen LogP contribution in [-0.4, -0.2) is 66.4 Å². The van der Waals surface area contributed by atoms with Crippen molar-refractivity contribution in [3.63, 3.8) is 0 Å². The Balaban J connectivity index is 1.73. The summed E-state index contributed by atoms with van der Waals surface area (Å²) in [7, 11) is 0. The number of hydrogen-bond acceptors (Lipinski definition) is 7. The summed E-state index contributed by atoms with van der Waals surface area (Å²) in [4.78, 5) is 13.6. The highest BCUT2D eigenvalue weighted by Gasteiger charge is 2.21. The van der Waals surface area contributed by atoms with Crippen LogP contribution in [0.15, 0.2) is 18.3 Å². The number of hydrogen-bond donors (Lipinski definition) is 2. The molecule has 1 fully saturated rings. The van der Waals surface area contributed by atoms with Crippen molar-refractivity contribution in [1.29, 1.82) is 5.26 Å². The number of ether oxygens (including phenoxy) is 1. The van der Waals surface area contributed by atoms with Crippen molar-refractivity contribution >= 4 is 11.7 Å². The lowest BCUT2D eigenvalue weighted by molar-refractivity contribution is -0.123. The number of nitrogens with one attached hydrogen (secondary N) is 2. The zero-order valence-corrected chi connectivity index (χ0v) is 11.7. The Morgan fingerprint density at radius 1 is 1.62 bits per heavy atom. The average molecular weight is 290 g/mol. The Hall–Kier alpha value is -2.24. The molecule has 21 heavy (non-hydrogen) atoms. The molecule has 1 amide bonds. The van der Waals surface area contributed by atoms with Crippen molar-refractivity contribution in [2.24, 2.45) is 0 Å². The lowest BCUT2D eigenvalue weighted by atomic mass is 10.2. The first-order chi connectivity index (χ1) is 10.3. The van der Waals surface area contributed by atoms with E-state index in [9.17, 15) is 4.79 Å². The van der Waals surface area contributed by atoms with Crippen molar-refractivity contribution in [3.8, 4) is 6.07 Å². The molecule has 0 aliphatic carbocycles. The first-order valence-corrected chi connectivity index (χ1v) is 6.77. The number of morpholine rings is 1. The summed E-state index contributed by atoms with van der Waals surface area (Å²) < 4.78 is 5.66. The number of aromatic nitrogens is 2. The molecule has 0 aromatic carbocycles. The highest BCUT2D eigenvalue weighted by molar-refractivity contribution is 5.78. The zero-order valence-electron chi connectivity index (χ0n) is 11.7. The normalized spacial score (nSPS) is 18.7. The molecule has 8 nitrogen and oxygen atoms in total. The molecule has 0 spiro atoms. The van der Waals surface area contributed by atoms with Crippen LogP contribution in [0.3, 0.4) is 0 Å². The van der Waals surface area contributed by atoms with Crippen LogP contribution >= 0.6 is 0 Å². The SMILES string of the molecule is N#CCNC(=O)CN1CCO[C@H](CNc2cccnn2)C1. The van der Waals surface area contributed by atoms with Crippen molar-refractivity contribution in [3.05, 3.63) is 18.3 Å². The first-order valence-electron chi connectivity index (χ1n) is 6.77. The van der Waals surface area contributed by atoms with Crippen LogP contribution in [0.2, 0.25) is 0 Å². The molecule has 2 rings (SSSR count). The largest absolute Gasteiger partial charge is 0.374 e. The molecule has 112 valence electrons. The second-order valence-electron chi connectivity index (χ2n) is 4.65. The third-order valence-electron chi connectivity index (χ3n) is 3.04. The first kappa shape index (κ1) is 15.2. The highest BCUT2D eigenvalue weighted by Crippen LogP contribution is 2.06. The van der Waals surface area contributed by atoms with Crippen molar-refractivity contribution < 1.29 is 9.53 Å². The summed E-state index contributed by atoms with van der Waals surface area (Å²) in [6.45, 7) is 2.88. The van der Waals surface area contributed by atoms with Gasteiger partial charge in [0.15, 0.2) is 0 Å². The van der Waals surface area contributed by atoms with Crippen molar-refractivity contribution in [1.82, 2.24) is 20.4 Å². The molecule has 1 aliphatic rings. The summed E-state index contributed by atoms with van der Waals surface area (Å²) >= 11 is 0. The van der Waals surface area contributed by atoms with Gasteiger partial charge < -0.3 is 15.4 Å². The van der Waals surface area contributed by atoms with Crippen molar-refractivity contribution in [2.75, 3.05) is 44.6 Å². The number of carbonyl (C=O) groups is 1. The van der Waals surface area contributed by atoms with Crippen LogP contribution in [0.1, 0.15) is 0 Å². The molecule has 1 aromatic heterocycles. The molecular weight excluding hydrogens is 272 g/mol. The van der Waals surface area contributed by atoms with Gasteiger partial charge in [-0.15, -0.1) is 5.10 Å². The van der Waals surface area contributed by atoms with Gasteiger partial charge in [-0.1, -0.05) is 0 Å². The van der Waals surface area contributed by atoms with E-state index in [4.69, 9.17) is 10.00 Å². The number of rotatable bonds is 6. The Morgan fingerprint density at radius 2 is 2.52 bits per heavy atom. The number of carbonyl (C=O) groups excluding carboxylic acids is 1. The van der Waals surface area contributed by atoms with E-state index in [-0.39, 0.29) is 25.1 Å². The minimum Gasteiger partial charge on any atom is -0.374 e. The van der Waals surface area contributed by atoms with Crippen LogP contribution in [0, 0.1) is 11.3 Å². The van der Waals surface area contributed by atoms with Crippen LogP contribution in [0.4, 0.5) is 5.82 Å². The fourth-order valence-electron chi connectivity index (χ4n) is 2.06. The topological polar surface area (TPSA) is 103 Å². The monoisotopic (exact) mass is 290 g/mol. The van der Waals surface area contributed by atoms with Gasteiger partial charge in [-0.25, -0.2) is 0 Å². The lowest BCUT2D eigenvalue weighted by Gasteiger charge is -2.32. The van der Waals surface area contributed by atoms with Gasteiger partial charge >= 0.3 is 0 Å². The third kappa shape index (κ3) is 5.33. The number of nitriles is 1.